The Morgan fingerprint density at radius 2 is 2.00 bits per heavy atom. The fourth-order valence-electron chi connectivity index (χ4n) is 2.28. The summed E-state index contributed by atoms with van der Waals surface area (Å²) in [6.45, 7) is 0. The summed E-state index contributed by atoms with van der Waals surface area (Å²) in [6, 6.07) is 12.7. The number of anilines is 2. The van der Waals surface area contributed by atoms with E-state index >= 15 is 0 Å². The lowest BCUT2D eigenvalue weighted by molar-refractivity contribution is 0.780. The SMILES string of the molecule is Cn1cc2cc3c(cc2n1)Nc1ccccc1S3. The first-order valence-electron chi connectivity index (χ1n) is 5.81. The van der Waals surface area contributed by atoms with Crippen LogP contribution in [0.2, 0.25) is 0 Å². The van der Waals surface area contributed by atoms with E-state index in [1.165, 1.54) is 20.9 Å². The monoisotopic (exact) mass is 253 g/mol. The van der Waals surface area contributed by atoms with Gasteiger partial charge in [-0.1, -0.05) is 23.9 Å². The number of nitrogens with zero attached hydrogens (tertiary/aromatic N) is 2. The molecule has 4 rings (SSSR count). The standard InChI is InChI=1S/C14H11N3S/c1-17-8-9-6-14-12(7-11(9)16-17)15-10-4-2-3-5-13(10)18-14/h2-8,15H,1H3. The Bertz CT molecular complexity index is 699. The first-order valence-corrected chi connectivity index (χ1v) is 6.62. The summed E-state index contributed by atoms with van der Waals surface area (Å²) < 4.78 is 1.86. The van der Waals surface area contributed by atoms with Crippen molar-refractivity contribution < 1.29 is 0 Å². The number of aryl methyl sites for hydroxylation is 1. The summed E-state index contributed by atoms with van der Waals surface area (Å²) in [5, 5.41) is 9.10. The highest BCUT2D eigenvalue weighted by Gasteiger charge is 2.16. The molecule has 3 aromatic rings. The molecule has 0 atom stereocenters. The van der Waals surface area contributed by atoms with Crippen molar-refractivity contribution in [2.75, 3.05) is 5.32 Å². The molecular formula is C14H11N3S. The highest BCUT2D eigenvalue weighted by molar-refractivity contribution is 7.99. The van der Waals surface area contributed by atoms with Crippen molar-refractivity contribution in [2.24, 2.45) is 7.05 Å². The maximum atomic E-state index is 4.44. The van der Waals surface area contributed by atoms with Crippen molar-refractivity contribution in [1.82, 2.24) is 9.78 Å². The van der Waals surface area contributed by atoms with Crippen LogP contribution in [0, 0.1) is 0 Å². The van der Waals surface area contributed by atoms with Crippen LogP contribution in [0.5, 0.6) is 0 Å². The molecule has 2 aromatic carbocycles. The third kappa shape index (κ3) is 1.42. The Morgan fingerprint density at radius 1 is 1.11 bits per heavy atom. The van der Waals surface area contributed by atoms with Crippen molar-refractivity contribution in [2.45, 2.75) is 9.79 Å². The molecule has 0 unspecified atom stereocenters. The van der Waals surface area contributed by atoms with E-state index in [-0.39, 0.29) is 0 Å². The minimum absolute atomic E-state index is 1.03. The molecule has 1 aliphatic rings. The van der Waals surface area contributed by atoms with Crippen LogP contribution in [0.15, 0.2) is 52.4 Å². The van der Waals surface area contributed by atoms with Crippen LogP contribution >= 0.6 is 11.8 Å². The van der Waals surface area contributed by atoms with Crippen LogP contribution in [0.1, 0.15) is 0 Å². The number of aromatic nitrogens is 2. The molecule has 1 aliphatic heterocycles. The normalized spacial score (nSPS) is 12.9. The van der Waals surface area contributed by atoms with E-state index < -0.39 is 0 Å². The van der Waals surface area contributed by atoms with Crippen molar-refractivity contribution >= 4 is 34.0 Å². The van der Waals surface area contributed by atoms with E-state index in [0.29, 0.717) is 0 Å². The van der Waals surface area contributed by atoms with Gasteiger partial charge in [-0.05, 0) is 24.3 Å². The molecule has 0 bridgehead atoms. The second-order valence-electron chi connectivity index (χ2n) is 4.43. The van der Waals surface area contributed by atoms with Gasteiger partial charge in [0, 0.05) is 28.4 Å². The smallest absolute Gasteiger partial charge is 0.0944 e. The summed E-state index contributed by atoms with van der Waals surface area (Å²) in [5.41, 5.74) is 3.35. The van der Waals surface area contributed by atoms with Crippen LogP contribution < -0.4 is 5.32 Å². The van der Waals surface area contributed by atoms with Crippen molar-refractivity contribution in [1.29, 1.82) is 0 Å². The third-order valence-electron chi connectivity index (χ3n) is 3.10. The fourth-order valence-corrected chi connectivity index (χ4v) is 3.30. The number of hydrogen-bond acceptors (Lipinski definition) is 3. The predicted octanol–water partition coefficient (Wildman–Crippen LogP) is 3.78. The molecule has 0 fully saturated rings. The molecule has 18 heavy (non-hydrogen) atoms. The van der Waals surface area contributed by atoms with E-state index in [9.17, 15) is 0 Å². The molecule has 3 nitrogen and oxygen atoms in total. The van der Waals surface area contributed by atoms with E-state index in [0.717, 1.165) is 11.2 Å². The van der Waals surface area contributed by atoms with Gasteiger partial charge >= 0.3 is 0 Å². The summed E-state index contributed by atoms with van der Waals surface area (Å²) in [5.74, 6) is 0. The topological polar surface area (TPSA) is 29.9 Å². The molecule has 2 heterocycles. The first kappa shape index (κ1) is 10.0. The quantitative estimate of drug-likeness (QED) is 0.517. The van der Waals surface area contributed by atoms with Crippen LogP contribution in [0.3, 0.4) is 0 Å². The number of para-hydroxylation sites is 1. The highest BCUT2D eigenvalue weighted by Crippen LogP contribution is 2.45. The van der Waals surface area contributed by atoms with E-state index in [2.05, 4.69) is 53.0 Å². The maximum Gasteiger partial charge on any atom is 0.0944 e. The lowest BCUT2D eigenvalue weighted by atomic mass is 10.2. The molecule has 0 saturated carbocycles. The molecule has 88 valence electrons. The molecule has 0 radical (unpaired) electrons. The highest BCUT2D eigenvalue weighted by atomic mass is 32.2. The summed E-state index contributed by atoms with van der Waals surface area (Å²) in [7, 11) is 1.95. The fraction of sp³-hybridized carbons (Fsp3) is 0.0714. The molecule has 4 heteroatoms. The van der Waals surface area contributed by atoms with Crippen LogP contribution in [0.25, 0.3) is 10.9 Å². The van der Waals surface area contributed by atoms with E-state index in [1.54, 1.807) is 0 Å². The summed E-state index contributed by atoms with van der Waals surface area (Å²) in [6.07, 6.45) is 2.05. The second-order valence-corrected chi connectivity index (χ2v) is 5.52. The van der Waals surface area contributed by atoms with Gasteiger partial charge in [-0.2, -0.15) is 5.10 Å². The molecule has 0 spiro atoms. The second kappa shape index (κ2) is 3.53. The Kier molecular flexibility index (Phi) is 1.96. The van der Waals surface area contributed by atoms with Crippen molar-refractivity contribution in [3.8, 4) is 0 Å². The van der Waals surface area contributed by atoms with Gasteiger partial charge in [-0.25, -0.2) is 0 Å². The van der Waals surface area contributed by atoms with Gasteiger partial charge in [0.15, 0.2) is 0 Å². The molecular weight excluding hydrogens is 242 g/mol. The zero-order valence-corrected chi connectivity index (χ0v) is 10.7. The van der Waals surface area contributed by atoms with Gasteiger partial charge in [0.05, 0.1) is 16.9 Å². The van der Waals surface area contributed by atoms with Gasteiger partial charge < -0.3 is 5.32 Å². The van der Waals surface area contributed by atoms with Gasteiger partial charge in [0.25, 0.3) is 0 Å². The first-order chi connectivity index (χ1) is 8.79. The minimum atomic E-state index is 1.03. The van der Waals surface area contributed by atoms with Gasteiger partial charge in [0.1, 0.15) is 0 Å². The lowest BCUT2D eigenvalue weighted by Gasteiger charge is -2.20. The van der Waals surface area contributed by atoms with Gasteiger partial charge in [-0.15, -0.1) is 0 Å². The zero-order chi connectivity index (χ0) is 12.1. The van der Waals surface area contributed by atoms with Gasteiger partial charge in [0.2, 0.25) is 0 Å². The number of fused-ring (bicyclic) bond motifs is 3. The minimum Gasteiger partial charge on any atom is -0.354 e. The van der Waals surface area contributed by atoms with Crippen LogP contribution in [0.4, 0.5) is 11.4 Å². The number of nitrogens with one attached hydrogen (secondary N) is 1. The molecule has 0 saturated heterocycles. The molecule has 0 aliphatic carbocycles. The molecule has 1 aromatic heterocycles. The maximum absolute atomic E-state index is 4.44. The average Bonchev–Trinajstić information content (AvgIpc) is 2.72. The van der Waals surface area contributed by atoms with Crippen molar-refractivity contribution in [3.63, 3.8) is 0 Å². The van der Waals surface area contributed by atoms with Gasteiger partial charge in [-0.3, -0.25) is 4.68 Å². The number of hydrogen-bond donors (Lipinski definition) is 1. The average molecular weight is 253 g/mol. The Labute approximate surface area is 109 Å². The van der Waals surface area contributed by atoms with E-state index in [4.69, 9.17) is 0 Å². The van der Waals surface area contributed by atoms with Crippen molar-refractivity contribution in [3.05, 3.63) is 42.6 Å². The Balaban J connectivity index is 1.92. The number of rotatable bonds is 0. The number of benzene rings is 2. The third-order valence-corrected chi connectivity index (χ3v) is 4.23. The van der Waals surface area contributed by atoms with Crippen LogP contribution in [-0.2, 0) is 7.05 Å². The van der Waals surface area contributed by atoms with E-state index in [1.807, 2.05) is 23.5 Å². The largest absolute Gasteiger partial charge is 0.354 e. The summed E-state index contributed by atoms with van der Waals surface area (Å²) in [4.78, 5) is 2.53. The molecule has 0 amide bonds. The molecule has 1 N–H and O–H groups in total. The predicted molar refractivity (Wildman–Crippen MR) is 74.6 cm³/mol. The summed E-state index contributed by atoms with van der Waals surface area (Å²) >= 11 is 1.81. The van der Waals surface area contributed by atoms with Crippen LogP contribution in [-0.4, -0.2) is 9.78 Å². The Hall–Kier alpha value is -1.94. The zero-order valence-electron chi connectivity index (χ0n) is 9.84. The lowest BCUT2D eigenvalue weighted by Crippen LogP contribution is -1.99. The Morgan fingerprint density at radius 3 is 2.94 bits per heavy atom.